The summed E-state index contributed by atoms with van der Waals surface area (Å²) >= 11 is 0. The summed E-state index contributed by atoms with van der Waals surface area (Å²) in [5.41, 5.74) is 1.05. The van der Waals surface area contributed by atoms with Gasteiger partial charge in [-0.2, -0.15) is 0 Å². The Hall–Kier alpha value is -3.94. The summed E-state index contributed by atoms with van der Waals surface area (Å²) in [4.78, 5) is 25.8. The molecule has 0 saturated carbocycles. The average molecular weight is 424 g/mol. The summed E-state index contributed by atoms with van der Waals surface area (Å²) < 4.78 is 32.1. The van der Waals surface area contributed by atoms with Crippen LogP contribution in [0.5, 0.6) is 23.0 Å². The minimum absolute atomic E-state index is 0.00719. The third-order valence-electron chi connectivity index (χ3n) is 5.12. The Bertz CT molecular complexity index is 1180. The van der Waals surface area contributed by atoms with E-state index in [1.165, 1.54) is 21.3 Å². The Morgan fingerprint density at radius 1 is 0.806 bits per heavy atom. The van der Waals surface area contributed by atoms with E-state index in [1.807, 2.05) is 0 Å². The van der Waals surface area contributed by atoms with Crippen LogP contribution in [0.15, 0.2) is 36.4 Å². The van der Waals surface area contributed by atoms with Crippen molar-refractivity contribution in [2.24, 2.45) is 0 Å². The van der Waals surface area contributed by atoms with Gasteiger partial charge < -0.3 is 28.4 Å². The van der Waals surface area contributed by atoms with Gasteiger partial charge in [-0.3, -0.25) is 0 Å². The van der Waals surface area contributed by atoms with Gasteiger partial charge in [-0.25, -0.2) is 9.59 Å². The highest BCUT2D eigenvalue weighted by Crippen LogP contribution is 2.50. The van der Waals surface area contributed by atoms with Gasteiger partial charge in [0.15, 0.2) is 11.5 Å². The molecule has 1 aliphatic heterocycles. The molecule has 0 bridgehead atoms. The molecule has 0 spiro atoms. The minimum atomic E-state index is -0.730. The predicted octanol–water partition coefficient (Wildman–Crippen LogP) is 3.83. The Kier molecular flexibility index (Phi) is 5.29. The molecule has 0 unspecified atom stereocenters. The number of carbonyl (C=O) groups excluding carboxylic acids is 2. The summed E-state index contributed by atoms with van der Waals surface area (Å²) in [5, 5.41) is 1.12. The topological polar surface area (TPSA) is 89.5 Å². The van der Waals surface area contributed by atoms with Crippen LogP contribution in [0, 0.1) is 0 Å². The Balaban J connectivity index is 2.24. The van der Waals surface area contributed by atoms with Crippen molar-refractivity contribution in [2.45, 2.75) is 0 Å². The molecule has 4 rings (SSSR count). The fraction of sp³-hybridized carbons (Fsp3) is 0.217. The minimum Gasteiger partial charge on any atom is -0.497 e. The van der Waals surface area contributed by atoms with E-state index < -0.39 is 11.9 Å². The number of rotatable bonds is 5. The summed E-state index contributed by atoms with van der Waals surface area (Å²) in [6, 6.07) is 10.5. The molecule has 0 radical (unpaired) electrons. The van der Waals surface area contributed by atoms with E-state index in [1.54, 1.807) is 43.5 Å². The van der Waals surface area contributed by atoms with Gasteiger partial charge in [-0.1, -0.05) is 12.1 Å². The van der Waals surface area contributed by atoms with Gasteiger partial charge in [0, 0.05) is 16.3 Å². The first kappa shape index (κ1) is 20.3. The second-order valence-electron chi connectivity index (χ2n) is 6.59. The van der Waals surface area contributed by atoms with Crippen LogP contribution in [0.25, 0.3) is 21.9 Å². The molecule has 160 valence electrons. The Morgan fingerprint density at radius 2 is 1.48 bits per heavy atom. The molecule has 0 saturated heterocycles. The average Bonchev–Trinajstić information content (AvgIpc) is 3.30. The second-order valence-corrected chi connectivity index (χ2v) is 6.59. The van der Waals surface area contributed by atoms with E-state index in [9.17, 15) is 9.59 Å². The van der Waals surface area contributed by atoms with E-state index in [4.69, 9.17) is 28.4 Å². The van der Waals surface area contributed by atoms with Crippen molar-refractivity contribution in [3.05, 3.63) is 47.5 Å². The highest BCUT2D eigenvalue weighted by Gasteiger charge is 2.34. The Morgan fingerprint density at radius 3 is 2.10 bits per heavy atom. The molecule has 0 aliphatic carbocycles. The fourth-order valence-electron chi connectivity index (χ4n) is 3.77. The summed E-state index contributed by atoms with van der Waals surface area (Å²) in [5.74, 6) is 0.334. The maximum atomic E-state index is 13.0. The van der Waals surface area contributed by atoms with Crippen molar-refractivity contribution >= 4 is 22.7 Å². The molecule has 0 aromatic heterocycles. The molecule has 8 nitrogen and oxygen atoms in total. The van der Waals surface area contributed by atoms with Crippen LogP contribution >= 0.6 is 0 Å². The lowest BCUT2D eigenvalue weighted by Gasteiger charge is -2.20. The summed E-state index contributed by atoms with van der Waals surface area (Å²) in [7, 11) is 5.46. The first-order valence-electron chi connectivity index (χ1n) is 9.33. The number of carbonyl (C=O) groups is 2. The van der Waals surface area contributed by atoms with Gasteiger partial charge in [0.05, 0.1) is 34.0 Å². The van der Waals surface area contributed by atoms with Crippen molar-refractivity contribution < 1.29 is 38.0 Å². The maximum absolute atomic E-state index is 13.0. The van der Waals surface area contributed by atoms with Crippen LogP contribution in [0.1, 0.15) is 20.7 Å². The van der Waals surface area contributed by atoms with Gasteiger partial charge in [0.1, 0.15) is 17.1 Å². The summed E-state index contributed by atoms with van der Waals surface area (Å²) in [6.07, 6.45) is 0. The lowest BCUT2D eigenvalue weighted by Crippen LogP contribution is -2.16. The van der Waals surface area contributed by atoms with E-state index in [0.717, 1.165) is 0 Å². The van der Waals surface area contributed by atoms with Crippen molar-refractivity contribution in [3.8, 4) is 34.1 Å². The van der Waals surface area contributed by atoms with Crippen LogP contribution in [-0.2, 0) is 9.47 Å². The molecule has 3 aromatic rings. The SMILES string of the molecule is COC(=O)c1c(C(=O)OC)c(-c2ccc(OC)cc2)c2c3c(ccc2c1OC)OCO3. The quantitative estimate of drug-likeness (QED) is 0.571. The number of fused-ring (bicyclic) bond motifs is 3. The molecule has 8 heteroatoms. The zero-order chi connectivity index (χ0) is 22.1. The van der Waals surface area contributed by atoms with Gasteiger partial charge in [-0.05, 0) is 29.8 Å². The van der Waals surface area contributed by atoms with E-state index in [-0.39, 0.29) is 23.7 Å². The number of esters is 2. The standard InChI is InChI=1S/C23H20O8/c1-26-13-7-5-12(6-8-13)16-17-14(9-10-15-21(17)31-11-30-15)20(27-2)19(23(25)29-4)18(16)22(24)28-3/h5-10H,11H2,1-4H3. The fourth-order valence-corrected chi connectivity index (χ4v) is 3.77. The number of hydrogen-bond acceptors (Lipinski definition) is 8. The third-order valence-corrected chi connectivity index (χ3v) is 5.12. The molecule has 31 heavy (non-hydrogen) atoms. The predicted molar refractivity (Wildman–Crippen MR) is 111 cm³/mol. The normalized spacial score (nSPS) is 11.9. The Labute approximate surface area is 178 Å². The van der Waals surface area contributed by atoms with Gasteiger partial charge in [-0.15, -0.1) is 0 Å². The molecular weight excluding hydrogens is 404 g/mol. The first-order chi connectivity index (χ1) is 15.0. The molecule has 3 aromatic carbocycles. The molecule has 1 heterocycles. The van der Waals surface area contributed by atoms with Crippen LogP contribution in [0.4, 0.5) is 0 Å². The van der Waals surface area contributed by atoms with Crippen LogP contribution in [-0.4, -0.2) is 47.2 Å². The monoisotopic (exact) mass is 424 g/mol. The lowest BCUT2D eigenvalue weighted by atomic mass is 9.88. The van der Waals surface area contributed by atoms with Crippen molar-refractivity contribution in [3.63, 3.8) is 0 Å². The highest BCUT2D eigenvalue weighted by molar-refractivity contribution is 6.20. The largest absolute Gasteiger partial charge is 0.497 e. The van der Waals surface area contributed by atoms with Gasteiger partial charge in [0.25, 0.3) is 0 Å². The van der Waals surface area contributed by atoms with Crippen molar-refractivity contribution in [2.75, 3.05) is 35.2 Å². The van der Waals surface area contributed by atoms with E-state index in [2.05, 4.69) is 0 Å². The van der Waals surface area contributed by atoms with Crippen molar-refractivity contribution in [1.29, 1.82) is 0 Å². The van der Waals surface area contributed by atoms with Gasteiger partial charge in [0.2, 0.25) is 6.79 Å². The number of benzene rings is 3. The summed E-state index contributed by atoms with van der Waals surface area (Å²) in [6.45, 7) is 0.0329. The van der Waals surface area contributed by atoms with E-state index >= 15 is 0 Å². The first-order valence-corrected chi connectivity index (χ1v) is 9.33. The van der Waals surface area contributed by atoms with Crippen LogP contribution in [0.3, 0.4) is 0 Å². The molecule has 0 fully saturated rings. The second kappa shape index (κ2) is 8.06. The zero-order valence-electron chi connectivity index (χ0n) is 17.4. The number of ether oxygens (including phenoxy) is 6. The third kappa shape index (κ3) is 3.16. The molecule has 0 amide bonds. The molecular formula is C23H20O8. The maximum Gasteiger partial charge on any atom is 0.342 e. The number of methoxy groups -OCH3 is 4. The number of hydrogen-bond donors (Lipinski definition) is 0. The zero-order valence-corrected chi connectivity index (χ0v) is 17.4. The van der Waals surface area contributed by atoms with Crippen LogP contribution < -0.4 is 18.9 Å². The smallest absolute Gasteiger partial charge is 0.342 e. The van der Waals surface area contributed by atoms with Crippen LogP contribution in [0.2, 0.25) is 0 Å². The molecule has 0 atom stereocenters. The molecule has 1 aliphatic rings. The highest BCUT2D eigenvalue weighted by atomic mass is 16.7. The van der Waals surface area contributed by atoms with Gasteiger partial charge >= 0.3 is 11.9 Å². The lowest BCUT2D eigenvalue weighted by molar-refractivity contribution is 0.0553. The van der Waals surface area contributed by atoms with E-state index in [0.29, 0.717) is 39.1 Å². The molecule has 0 N–H and O–H groups in total. The van der Waals surface area contributed by atoms with Crippen molar-refractivity contribution in [1.82, 2.24) is 0 Å².